The van der Waals surface area contributed by atoms with Gasteiger partial charge in [0.1, 0.15) is 0 Å². The van der Waals surface area contributed by atoms with Crippen LogP contribution in [0.25, 0.3) is 0 Å². The molecule has 0 saturated heterocycles. The van der Waals surface area contributed by atoms with E-state index in [1.165, 1.54) is 71.9 Å². The van der Waals surface area contributed by atoms with Crippen molar-refractivity contribution in [2.45, 2.75) is 63.7 Å². The molecule has 0 amide bonds. The van der Waals surface area contributed by atoms with Crippen LogP contribution in [0.2, 0.25) is 0 Å². The van der Waals surface area contributed by atoms with Crippen LogP contribution in [-0.2, 0) is 18.3 Å². The first-order valence-corrected chi connectivity index (χ1v) is 13.9. The number of nitrogens with two attached hydrogens (primary N) is 2. The second-order valence-corrected chi connectivity index (χ2v) is 11.0. The first-order valence-electron chi connectivity index (χ1n) is 13.9. The van der Waals surface area contributed by atoms with Crippen LogP contribution in [0.1, 0.15) is 78.8 Å². The second kappa shape index (κ2) is 11.3. The number of benzene rings is 4. The van der Waals surface area contributed by atoms with Crippen molar-refractivity contribution in [2.75, 3.05) is 11.5 Å². The molecule has 0 bridgehead atoms. The van der Waals surface area contributed by atoms with E-state index >= 15 is 0 Å². The van der Waals surface area contributed by atoms with E-state index in [0.29, 0.717) is 0 Å². The quantitative estimate of drug-likeness (QED) is 0.245. The zero-order chi connectivity index (χ0) is 25.7. The number of nitrogen functional groups attached to an aromatic ring is 2. The van der Waals surface area contributed by atoms with Crippen molar-refractivity contribution < 1.29 is 0 Å². The van der Waals surface area contributed by atoms with Gasteiger partial charge in [0, 0.05) is 16.8 Å². The summed E-state index contributed by atoms with van der Waals surface area (Å²) in [4.78, 5) is 0. The largest absolute Gasteiger partial charge is 0.399 e. The smallest absolute Gasteiger partial charge is 0.0314 e. The van der Waals surface area contributed by atoms with Gasteiger partial charge in [-0.05, 0) is 102 Å². The molecule has 0 aromatic heterocycles. The highest BCUT2D eigenvalue weighted by molar-refractivity contribution is 5.45. The predicted molar refractivity (Wildman–Crippen MR) is 158 cm³/mol. The molecule has 37 heavy (non-hydrogen) atoms. The van der Waals surface area contributed by atoms with Crippen molar-refractivity contribution in [2.24, 2.45) is 5.92 Å². The van der Waals surface area contributed by atoms with E-state index in [1.807, 2.05) is 24.3 Å². The highest BCUT2D eigenvalue weighted by Gasteiger charge is 2.38. The van der Waals surface area contributed by atoms with Gasteiger partial charge >= 0.3 is 0 Å². The van der Waals surface area contributed by atoms with Gasteiger partial charge < -0.3 is 11.5 Å². The van der Waals surface area contributed by atoms with E-state index in [9.17, 15) is 0 Å². The Balaban J connectivity index is 1.39. The van der Waals surface area contributed by atoms with Crippen molar-refractivity contribution in [1.82, 2.24) is 0 Å². The summed E-state index contributed by atoms with van der Waals surface area (Å²) in [6, 6.07) is 35.4. The molecule has 0 unspecified atom stereocenters. The lowest BCUT2D eigenvalue weighted by Crippen LogP contribution is -2.33. The summed E-state index contributed by atoms with van der Waals surface area (Å²) < 4.78 is 0. The minimum atomic E-state index is 0.101. The summed E-state index contributed by atoms with van der Waals surface area (Å²) in [5, 5.41) is 0. The lowest BCUT2D eigenvalue weighted by molar-refractivity contribution is 0.253. The van der Waals surface area contributed by atoms with Crippen LogP contribution in [0.3, 0.4) is 0 Å². The monoisotopic (exact) mass is 488 g/mol. The Morgan fingerprint density at radius 3 is 1.27 bits per heavy atom. The van der Waals surface area contributed by atoms with Gasteiger partial charge in [-0.15, -0.1) is 0 Å². The molecule has 5 rings (SSSR count). The van der Waals surface area contributed by atoms with Crippen LogP contribution in [0.15, 0.2) is 97.1 Å². The summed E-state index contributed by atoms with van der Waals surface area (Å²) in [6.45, 7) is 2.32. The van der Waals surface area contributed by atoms with Gasteiger partial charge in [-0.2, -0.15) is 0 Å². The maximum Gasteiger partial charge on any atom is 0.0314 e. The van der Waals surface area contributed by atoms with Crippen LogP contribution in [-0.4, -0.2) is 0 Å². The Hall–Kier alpha value is -3.52. The Morgan fingerprint density at radius 1 is 0.568 bits per heavy atom. The molecule has 0 spiro atoms. The average Bonchev–Trinajstić information content (AvgIpc) is 2.93. The third kappa shape index (κ3) is 5.91. The first-order chi connectivity index (χ1) is 18.0. The standard InChI is InChI=1S/C35H40N2/c1-2-3-26-20-22-35(23-21-26,31-12-4-27(5-13-31)24-29-8-16-33(36)17-9-29)32-14-6-28(7-15-32)25-30-10-18-34(37)19-11-30/h4-19,26H,2-3,20-25,36-37H2,1H3. The third-order valence-corrected chi connectivity index (χ3v) is 8.44. The van der Waals surface area contributed by atoms with E-state index in [0.717, 1.165) is 30.1 Å². The summed E-state index contributed by atoms with van der Waals surface area (Å²) >= 11 is 0. The van der Waals surface area contributed by atoms with Gasteiger partial charge in [0.05, 0.1) is 0 Å². The second-order valence-electron chi connectivity index (χ2n) is 11.0. The van der Waals surface area contributed by atoms with Crippen LogP contribution in [0, 0.1) is 5.92 Å². The van der Waals surface area contributed by atoms with Gasteiger partial charge in [0.2, 0.25) is 0 Å². The first kappa shape index (κ1) is 25.1. The van der Waals surface area contributed by atoms with Gasteiger partial charge in [-0.25, -0.2) is 0 Å². The van der Waals surface area contributed by atoms with Crippen LogP contribution in [0.5, 0.6) is 0 Å². The fourth-order valence-electron chi connectivity index (χ4n) is 6.24. The molecule has 0 heterocycles. The Labute approximate surface area is 222 Å². The maximum atomic E-state index is 5.87. The van der Waals surface area contributed by atoms with E-state index in [4.69, 9.17) is 11.5 Å². The molecule has 1 aliphatic carbocycles. The van der Waals surface area contributed by atoms with Crippen molar-refractivity contribution in [3.05, 3.63) is 130 Å². The summed E-state index contributed by atoms with van der Waals surface area (Å²) in [5.41, 5.74) is 21.7. The van der Waals surface area contributed by atoms with Crippen molar-refractivity contribution in [1.29, 1.82) is 0 Å². The number of anilines is 2. The molecule has 0 atom stereocenters. The molecule has 4 aromatic rings. The normalized spacial score (nSPS) is 15.5. The summed E-state index contributed by atoms with van der Waals surface area (Å²) in [6.07, 6.45) is 9.60. The van der Waals surface area contributed by atoms with Crippen LogP contribution in [0.4, 0.5) is 11.4 Å². The topological polar surface area (TPSA) is 52.0 Å². The predicted octanol–water partition coefficient (Wildman–Crippen LogP) is 8.31. The molecule has 0 radical (unpaired) electrons. The van der Waals surface area contributed by atoms with Gasteiger partial charge in [-0.3, -0.25) is 0 Å². The molecule has 2 nitrogen and oxygen atoms in total. The lowest BCUT2D eigenvalue weighted by Gasteiger charge is -2.41. The molecule has 4 aromatic carbocycles. The molecule has 0 aliphatic heterocycles. The molecule has 1 saturated carbocycles. The molecular formula is C35H40N2. The zero-order valence-corrected chi connectivity index (χ0v) is 22.1. The number of rotatable bonds is 8. The van der Waals surface area contributed by atoms with Gasteiger partial charge in [-0.1, -0.05) is 92.6 Å². The van der Waals surface area contributed by atoms with Gasteiger partial charge in [0.15, 0.2) is 0 Å². The highest BCUT2D eigenvalue weighted by atomic mass is 14.5. The number of hydrogen-bond donors (Lipinski definition) is 2. The van der Waals surface area contributed by atoms with E-state index in [2.05, 4.69) is 79.7 Å². The summed E-state index contributed by atoms with van der Waals surface area (Å²) in [5.74, 6) is 0.868. The maximum absolute atomic E-state index is 5.87. The van der Waals surface area contributed by atoms with Crippen molar-refractivity contribution >= 4 is 11.4 Å². The Morgan fingerprint density at radius 2 is 0.919 bits per heavy atom. The minimum absolute atomic E-state index is 0.101. The molecule has 190 valence electrons. The molecule has 1 aliphatic rings. The fraction of sp³-hybridized carbons (Fsp3) is 0.314. The molecule has 4 N–H and O–H groups in total. The minimum Gasteiger partial charge on any atom is -0.399 e. The SMILES string of the molecule is CCCC1CCC(c2ccc(Cc3ccc(N)cc3)cc2)(c2ccc(Cc3ccc(N)cc3)cc2)CC1. The molecular weight excluding hydrogens is 448 g/mol. The highest BCUT2D eigenvalue weighted by Crippen LogP contribution is 2.47. The third-order valence-electron chi connectivity index (χ3n) is 8.44. The Bertz CT molecular complexity index is 1170. The molecule has 1 fully saturated rings. The Kier molecular flexibility index (Phi) is 7.65. The molecule has 2 heteroatoms. The summed E-state index contributed by atoms with van der Waals surface area (Å²) in [7, 11) is 0. The van der Waals surface area contributed by atoms with Crippen LogP contribution < -0.4 is 11.5 Å². The van der Waals surface area contributed by atoms with E-state index in [1.54, 1.807) is 0 Å². The zero-order valence-electron chi connectivity index (χ0n) is 22.1. The number of hydrogen-bond acceptors (Lipinski definition) is 2. The lowest BCUT2D eigenvalue weighted by atomic mass is 9.62. The fourth-order valence-corrected chi connectivity index (χ4v) is 6.24. The van der Waals surface area contributed by atoms with Gasteiger partial charge in [0.25, 0.3) is 0 Å². The van der Waals surface area contributed by atoms with Crippen LogP contribution >= 0.6 is 0 Å². The van der Waals surface area contributed by atoms with Crippen molar-refractivity contribution in [3.8, 4) is 0 Å². The van der Waals surface area contributed by atoms with E-state index in [-0.39, 0.29) is 5.41 Å². The van der Waals surface area contributed by atoms with Crippen molar-refractivity contribution in [3.63, 3.8) is 0 Å². The average molecular weight is 489 g/mol. The van der Waals surface area contributed by atoms with E-state index < -0.39 is 0 Å².